The molecule has 1 aliphatic rings. The fourth-order valence-corrected chi connectivity index (χ4v) is 5.00. The average Bonchev–Trinajstić information content (AvgIpc) is 2.81. The molecule has 3 aromatic rings. The van der Waals surface area contributed by atoms with Gasteiger partial charge in [-0.15, -0.1) is 0 Å². The van der Waals surface area contributed by atoms with Crippen LogP contribution >= 0.6 is 0 Å². The van der Waals surface area contributed by atoms with Gasteiger partial charge >= 0.3 is 0 Å². The van der Waals surface area contributed by atoms with Gasteiger partial charge in [-0.25, -0.2) is 9.97 Å². The standard InChI is InChI=1S/C28H36N6O2/c1-17(2)25(26(29)35)32-27-21-8-6-7-9-22(21)30-23(31-27)16-33-10-12-34(13-11-33)28(36)24-19(4)14-18(3)15-20(24)5/h6-9,14-15,17,25H,10-13,16H2,1-5H3,(H2,29,35)(H,30,31,32)/t25-/m0/s1. The fraction of sp³-hybridized carbons (Fsp3) is 0.429. The molecule has 8 heteroatoms. The Labute approximate surface area is 212 Å². The highest BCUT2D eigenvalue weighted by Gasteiger charge is 2.26. The largest absolute Gasteiger partial charge is 0.368 e. The van der Waals surface area contributed by atoms with E-state index in [-0.39, 0.29) is 11.8 Å². The van der Waals surface area contributed by atoms with Crippen molar-refractivity contribution >= 4 is 28.5 Å². The van der Waals surface area contributed by atoms with Crippen molar-refractivity contribution in [1.82, 2.24) is 19.8 Å². The molecule has 1 aromatic heterocycles. The molecule has 0 saturated carbocycles. The van der Waals surface area contributed by atoms with E-state index in [2.05, 4.69) is 29.3 Å². The Morgan fingerprint density at radius 2 is 1.64 bits per heavy atom. The van der Waals surface area contributed by atoms with Crippen LogP contribution in [0, 0.1) is 26.7 Å². The number of aromatic nitrogens is 2. The van der Waals surface area contributed by atoms with Crippen LogP contribution < -0.4 is 11.1 Å². The predicted molar refractivity (Wildman–Crippen MR) is 143 cm³/mol. The number of nitrogens with zero attached hydrogens (tertiary/aromatic N) is 4. The highest BCUT2D eigenvalue weighted by atomic mass is 16.2. The van der Waals surface area contributed by atoms with E-state index in [0.29, 0.717) is 31.3 Å². The first kappa shape index (κ1) is 25.6. The smallest absolute Gasteiger partial charge is 0.254 e. The van der Waals surface area contributed by atoms with Crippen LogP contribution in [0.1, 0.15) is 46.7 Å². The molecule has 3 N–H and O–H groups in total. The van der Waals surface area contributed by atoms with Gasteiger partial charge in [0.2, 0.25) is 5.91 Å². The van der Waals surface area contributed by atoms with E-state index in [1.54, 1.807) is 0 Å². The first-order valence-electron chi connectivity index (χ1n) is 12.5. The molecule has 36 heavy (non-hydrogen) atoms. The lowest BCUT2D eigenvalue weighted by Crippen LogP contribution is -2.48. The minimum Gasteiger partial charge on any atom is -0.368 e. The average molecular weight is 489 g/mol. The molecule has 1 fully saturated rings. The number of anilines is 1. The normalized spacial score (nSPS) is 15.3. The third kappa shape index (κ3) is 5.49. The number of rotatable bonds is 7. The van der Waals surface area contributed by atoms with E-state index in [1.807, 2.05) is 56.9 Å². The summed E-state index contributed by atoms with van der Waals surface area (Å²) < 4.78 is 0. The van der Waals surface area contributed by atoms with Crippen molar-refractivity contribution in [3.05, 3.63) is 64.5 Å². The van der Waals surface area contributed by atoms with Crippen LogP contribution in [0.5, 0.6) is 0 Å². The Balaban J connectivity index is 1.48. The van der Waals surface area contributed by atoms with E-state index >= 15 is 0 Å². The van der Waals surface area contributed by atoms with E-state index in [1.165, 1.54) is 5.56 Å². The molecule has 0 aliphatic carbocycles. The van der Waals surface area contributed by atoms with Crippen molar-refractivity contribution in [3.63, 3.8) is 0 Å². The number of nitrogens with two attached hydrogens (primary N) is 1. The first-order chi connectivity index (χ1) is 17.1. The van der Waals surface area contributed by atoms with Crippen molar-refractivity contribution in [3.8, 4) is 0 Å². The number of hydrogen-bond donors (Lipinski definition) is 2. The number of amides is 2. The first-order valence-corrected chi connectivity index (χ1v) is 12.5. The SMILES string of the molecule is Cc1cc(C)c(C(=O)N2CCN(Cc3nc(N[C@H](C(N)=O)C(C)C)c4ccccc4n3)CC2)c(C)c1. The number of fused-ring (bicyclic) bond motifs is 1. The Morgan fingerprint density at radius 1 is 1.00 bits per heavy atom. The van der Waals surface area contributed by atoms with Crippen molar-refractivity contribution in [2.24, 2.45) is 11.7 Å². The van der Waals surface area contributed by atoms with Gasteiger partial charge in [-0.1, -0.05) is 43.7 Å². The molecule has 2 amide bonds. The summed E-state index contributed by atoms with van der Waals surface area (Å²) in [5, 5.41) is 4.11. The number of aryl methyl sites for hydroxylation is 3. The predicted octanol–water partition coefficient (Wildman–Crippen LogP) is 3.43. The summed E-state index contributed by atoms with van der Waals surface area (Å²) in [6.45, 7) is 13.3. The summed E-state index contributed by atoms with van der Waals surface area (Å²) in [6.07, 6.45) is 0. The second-order valence-corrected chi connectivity index (χ2v) is 10.1. The number of para-hydroxylation sites is 1. The lowest BCUT2D eigenvalue weighted by Gasteiger charge is -2.35. The number of benzene rings is 2. The van der Waals surface area contributed by atoms with Gasteiger partial charge in [-0.3, -0.25) is 14.5 Å². The Morgan fingerprint density at radius 3 is 2.25 bits per heavy atom. The summed E-state index contributed by atoms with van der Waals surface area (Å²) in [7, 11) is 0. The molecule has 1 atom stereocenters. The van der Waals surface area contributed by atoms with Crippen molar-refractivity contribution in [1.29, 1.82) is 0 Å². The zero-order valence-corrected chi connectivity index (χ0v) is 21.8. The summed E-state index contributed by atoms with van der Waals surface area (Å²) in [5.41, 5.74) is 10.5. The zero-order valence-electron chi connectivity index (χ0n) is 21.8. The topological polar surface area (TPSA) is 104 Å². The van der Waals surface area contributed by atoms with Crippen LogP contribution in [0.4, 0.5) is 5.82 Å². The number of piperazine rings is 1. The van der Waals surface area contributed by atoms with Crippen LogP contribution in [0.2, 0.25) is 0 Å². The van der Waals surface area contributed by atoms with Gasteiger partial charge in [0.1, 0.15) is 17.7 Å². The van der Waals surface area contributed by atoms with Crippen molar-refractivity contribution < 1.29 is 9.59 Å². The summed E-state index contributed by atoms with van der Waals surface area (Å²) in [5.74, 6) is 1.00. The lowest BCUT2D eigenvalue weighted by molar-refractivity contribution is -0.119. The Hall–Kier alpha value is -3.52. The Bertz CT molecular complexity index is 1260. The number of nitrogens with one attached hydrogen (secondary N) is 1. The van der Waals surface area contributed by atoms with Gasteiger partial charge in [0.15, 0.2) is 0 Å². The molecule has 4 rings (SSSR count). The number of carbonyl (C=O) groups excluding carboxylic acids is 2. The van der Waals surface area contributed by atoms with Gasteiger partial charge in [-0.2, -0.15) is 0 Å². The van der Waals surface area contributed by atoms with E-state index in [4.69, 9.17) is 15.7 Å². The molecule has 0 radical (unpaired) electrons. The zero-order chi connectivity index (χ0) is 26.0. The van der Waals surface area contributed by atoms with E-state index in [9.17, 15) is 9.59 Å². The molecule has 8 nitrogen and oxygen atoms in total. The third-order valence-corrected chi connectivity index (χ3v) is 6.83. The van der Waals surface area contributed by atoms with Gasteiger partial charge in [0.25, 0.3) is 5.91 Å². The van der Waals surface area contributed by atoms with Crippen molar-refractivity contribution in [2.75, 3.05) is 31.5 Å². The Kier molecular flexibility index (Phi) is 7.54. The molecule has 2 heterocycles. The lowest BCUT2D eigenvalue weighted by atomic mass is 9.98. The van der Waals surface area contributed by atoms with Crippen LogP contribution in [-0.2, 0) is 11.3 Å². The maximum absolute atomic E-state index is 13.3. The highest BCUT2D eigenvalue weighted by molar-refractivity contribution is 5.97. The molecular weight excluding hydrogens is 452 g/mol. The minimum atomic E-state index is -0.528. The molecule has 2 aromatic carbocycles. The molecular formula is C28H36N6O2. The monoisotopic (exact) mass is 488 g/mol. The highest BCUT2D eigenvalue weighted by Crippen LogP contribution is 2.24. The molecule has 1 saturated heterocycles. The molecule has 0 unspecified atom stereocenters. The van der Waals surface area contributed by atoms with Crippen LogP contribution in [-0.4, -0.2) is 63.8 Å². The van der Waals surface area contributed by atoms with Gasteiger partial charge in [-0.05, 0) is 49.9 Å². The maximum atomic E-state index is 13.3. The quantitative estimate of drug-likeness (QED) is 0.528. The van der Waals surface area contributed by atoms with E-state index in [0.717, 1.165) is 40.7 Å². The third-order valence-electron chi connectivity index (χ3n) is 6.83. The van der Waals surface area contributed by atoms with Crippen LogP contribution in [0.25, 0.3) is 10.9 Å². The summed E-state index contributed by atoms with van der Waals surface area (Å²) in [4.78, 5) is 39.0. The second-order valence-electron chi connectivity index (χ2n) is 10.1. The molecule has 0 bridgehead atoms. The van der Waals surface area contributed by atoms with Gasteiger partial charge < -0.3 is 16.0 Å². The molecule has 190 valence electrons. The van der Waals surface area contributed by atoms with Crippen molar-refractivity contribution in [2.45, 2.75) is 47.2 Å². The second kappa shape index (κ2) is 10.6. The minimum absolute atomic E-state index is 0.0195. The van der Waals surface area contributed by atoms with Crippen LogP contribution in [0.15, 0.2) is 36.4 Å². The number of primary amides is 1. The fourth-order valence-electron chi connectivity index (χ4n) is 5.00. The summed E-state index contributed by atoms with van der Waals surface area (Å²) >= 11 is 0. The van der Waals surface area contributed by atoms with Gasteiger partial charge in [0.05, 0.1) is 12.1 Å². The number of carbonyl (C=O) groups is 2. The van der Waals surface area contributed by atoms with E-state index < -0.39 is 11.9 Å². The van der Waals surface area contributed by atoms with Crippen LogP contribution in [0.3, 0.4) is 0 Å². The van der Waals surface area contributed by atoms with Gasteiger partial charge in [0, 0.05) is 37.1 Å². The summed E-state index contributed by atoms with van der Waals surface area (Å²) in [6, 6.07) is 11.4. The number of hydrogen-bond acceptors (Lipinski definition) is 6. The molecule has 1 aliphatic heterocycles. The maximum Gasteiger partial charge on any atom is 0.254 e. The molecule has 0 spiro atoms.